The van der Waals surface area contributed by atoms with Gasteiger partial charge in [-0.3, -0.25) is 4.98 Å². The second-order valence-corrected chi connectivity index (χ2v) is 5.96. The number of carbonyl (C=O) groups is 1. The van der Waals surface area contributed by atoms with E-state index in [2.05, 4.69) is 37.9 Å². The third-order valence-electron chi connectivity index (χ3n) is 3.36. The molecule has 104 valence electrons. The van der Waals surface area contributed by atoms with Crippen LogP contribution in [0.1, 0.15) is 42.4 Å². The number of aromatic carboxylic acids is 1. The fourth-order valence-electron chi connectivity index (χ4n) is 2.09. The normalized spacial score (nSPS) is 11.4. The van der Waals surface area contributed by atoms with Gasteiger partial charge in [-0.25, -0.2) is 4.79 Å². The summed E-state index contributed by atoms with van der Waals surface area (Å²) in [5.41, 5.74) is 3.97. The maximum absolute atomic E-state index is 11.0. The zero-order valence-corrected chi connectivity index (χ0v) is 12.3. The fraction of sp³-hybridized carbons (Fsp3) is 0.294. The van der Waals surface area contributed by atoms with E-state index in [0.29, 0.717) is 5.69 Å². The largest absolute Gasteiger partial charge is 0.478 e. The quantitative estimate of drug-likeness (QED) is 0.894. The standard InChI is InChI=1S/C17H19NO2/c1-11-14(16(19)20)9-10-15(18-11)12-5-7-13(8-6-12)17(2,3)4/h5-10H,1-4H3,(H,19,20). The molecule has 0 unspecified atom stereocenters. The lowest BCUT2D eigenvalue weighted by Gasteiger charge is -2.19. The van der Waals surface area contributed by atoms with Gasteiger partial charge >= 0.3 is 5.97 Å². The van der Waals surface area contributed by atoms with Crippen molar-refractivity contribution in [1.29, 1.82) is 0 Å². The third-order valence-corrected chi connectivity index (χ3v) is 3.36. The van der Waals surface area contributed by atoms with E-state index < -0.39 is 5.97 Å². The number of rotatable bonds is 2. The molecule has 1 aromatic carbocycles. The van der Waals surface area contributed by atoms with Crippen molar-refractivity contribution < 1.29 is 9.90 Å². The average Bonchev–Trinajstić information content (AvgIpc) is 2.37. The highest BCUT2D eigenvalue weighted by molar-refractivity contribution is 5.89. The number of nitrogens with zero attached hydrogens (tertiary/aromatic N) is 1. The van der Waals surface area contributed by atoms with E-state index in [1.165, 1.54) is 5.56 Å². The fourth-order valence-corrected chi connectivity index (χ4v) is 2.09. The number of carboxylic acids is 1. The van der Waals surface area contributed by atoms with Crippen LogP contribution in [-0.4, -0.2) is 16.1 Å². The molecule has 20 heavy (non-hydrogen) atoms. The number of aromatic nitrogens is 1. The monoisotopic (exact) mass is 269 g/mol. The van der Waals surface area contributed by atoms with Crippen molar-refractivity contribution in [2.45, 2.75) is 33.1 Å². The van der Waals surface area contributed by atoms with Gasteiger partial charge in [-0.15, -0.1) is 0 Å². The van der Waals surface area contributed by atoms with Gasteiger partial charge < -0.3 is 5.11 Å². The number of carboxylic acid groups (broad SMARTS) is 1. The van der Waals surface area contributed by atoms with Crippen LogP contribution in [0.3, 0.4) is 0 Å². The maximum atomic E-state index is 11.0. The van der Waals surface area contributed by atoms with E-state index in [9.17, 15) is 4.79 Å². The lowest BCUT2D eigenvalue weighted by atomic mass is 9.86. The van der Waals surface area contributed by atoms with Gasteiger partial charge in [0, 0.05) is 5.56 Å². The third kappa shape index (κ3) is 2.87. The van der Waals surface area contributed by atoms with Crippen molar-refractivity contribution >= 4 is 5.97 Å². The van der Waals surface area contributed by atoms with Gasteiger partial charge in [-0.1, -0.05) is 45.0 Å². The summed E-state index contributed by atoms with van der Waals surface area (Å²) in [7, 11) is 0. The van der Waals surface area contributed by atoms with E-state index in [1.54, 1.807) is 19.1 Å². The molecular formula is C17H19NO2. The number of benzene rings is 1. The first-order valence-electron chi connectivity index (χ1n) is 6.61. The van der Waals surface area contributed by atoms with Crippen molar-refractivity contribution in [2.75, 3.05) is 0 Å². The lowest BCUT2D eigenvalue weighted by molar-refractivity contribution is 0.0695. The molecule has 1 heterocycles. The Balaban J connectivity index is 2.37. The lowest BCUT2D eigenvalue weighted by Crippen LogP contribution is -2.10. The molecule has 0 atom stereocenters. The second-order valence-electron chi connectivity index (χ2n) is 5.96. The maximum Gasteiger partial charge on any atom is 0.337 e. The second kappa shape index (κ2) is 5.08. The van der Waals surface area contributed by atoms with Crippen molar-refractivity contribution in [3.8, 4) is 11.3 Å². The summed E-state index contributed by atoms with van der Waals surface area (Å²) in [5.74, 6) is -0.940. The van der Waals surface area contributed by atoms with Crippen LogP contribution in [0.2, 0.25) is 0 Å². The van der Waals surface area contributed by atoms with Crippen LogP contribution in [0, 0.1) is 6.92 Å². The smallest absolute Gasteiger partial charge is 0.337 e. The van der Waals surface area contributed by atoms with Gasteiger partial charge in [0.2, 0.25) is 0 Å². The van der Waals surface area contributed by atoms with Gasteiger partial charge in [0.15, 0.2) is 0 Å². The zero-order valence-electron chi connectivity index (χ0n) is 12.3. The van der Waals surface area contributed by atoms with Gasteiger partial charge in [0.1, 0.15) is 0 Å². The molecule has 2 rings (SSSR count). The van der Waals surface area contributed by atoms with Crippen molar-refractivity contribution in [1.82, 2.24) is 4.98 Å². The molecule has 0 aliphatic rings. The Morgan fingerprint density at radius 2 is 1.65 bits per heavy atom. The molecular weight excluding hydrogens is 250 g/mol. The first kappa shape index (κ1) is 14.3. The summed E-state index contributed by atoms with van der Waals surface area (Å²) < 4.78 is 0. The van der Waals surface area contributed by atoms with Crippen LogP contribution in [0.25, 0.3) is 11.3 Å². The summed E-state index contributed by atoms with van der Waals surface area (Å²) in [5, 5.41) is 9.01. The van der Waals surface area contributed by atoms with Crippen LogP contribution >= 0.6 is 0 Å². The Morgan fingerprint density at radius 1 is 1.05 bits per heavy atom. The SMILES string of the molecule is Cc1nc(-c2ccc(C(C)(C)C)cc2)ccc1C(=O)O. The highest BCUT2D eigenvalue weighted by Gasteiger charge is 2.14. The first-order valence-corrected chi connectivity index (χ1v) is 6.61. The molecule has 0 aliphatic heterocycles. The summed E-state index contributed by atoms with van der Waals surface area (Å²) in [6.45, 7) is 8.24. The van der Waals surface area contributed by atoms with Gasteiger partial charge in [-0.2, -0.15) is 0 Å². The average molecular weight is 269 g/mol. The predicted octanol–water partition coefficient (Wildman–Crippen LogP) is 4.05. The van der Waals surface area contributed by atoms with E-state index in [-0.39, 0.29) is 11.0 Å². The Kier molecular flexibility index (Phi) is 3.62. The van der Waals surface area contributed by atoms with Crippen LogP contribution in [0.5, 0.6) is 0 Å². The molecule has 1 N–H and O–H groups in total. The highest BCUT2D eigenvalue weighted by atomic mass is 16.4. The molecule has 0 radical (unpaired) electrons. The number of aryl methyl sites for hydroxylation is 1. The number of pyridine rings is 1. The summed E-state index contributed by atoms with van der Waals surface area (Å²) in [4.78, 5) is 15.4. The van der Waals surface area contributed by atoms with E-state index >= 15 is 0 Å². The topological polar surface area (TPSA) is 50.2 Å². The molecule has 0 aliphatic carbocycles. The summed E-state index contributed by atoms with van der Waals surface area (Å²) in [6.07, 6.45) is 0. The molecule has 3 heteroatoms. The van der Waals surface area contributed by atoms with E-state index in [4.69, 9.17) is 5.11 Å². The molecule has 1 aromatic heterocycles. The predicted molar refractivity (Wildman–Crippen MR) is 80.1 cm³/mol. The van der Waals surface area contributed by atoms with E-state index in [1.807, 2.05) is 12.1 Å². The molecule has 0 saturated heterocycles. The molecule has 2 aromatic rings. The van der Waals surface area contributed by atoms with Crippen molar-refractivity contribution in [3.05, 3.63) is 53.2 Å². The van der Waals surface area contributed by atoms with Gasteiger partial charge in [-0.05, 0) is 30.0 Å². The van der Waals surface area contributed by atoms with E-state index in [0.717, 1.165) is 11.3 Å². The number of hydrogen-bond donors (Lipinski definition) is 1. The first-order chi connectivity index (χ1) is 9.29. The minimum atomic E-state index is -0.940. The summed E-state index contributed by atoms with van der Waals surface area (Å²) >= 11 is 0. The molecule has 0 fully saturated rings. The van der Waals surface area contributed by atoms with Gasteiger partial charge in [0.05, 0.1) is 17.0 Å². The molecule has 3 nitrogen and oxygen atoms in total. The van der Waals surface area contributed by atoms with Crippen LogP contribution < -0.4 is 0 Å². The molecule has 0 spiro atoms. The van der Waals surface area contributed by atoms with Crippen LogP contribution in [-0.2, 0) is 5.41 Å². The Bertz CT molecular complexity index is 637. The van der Waals surface area contributed by atoms with Crippen LogP contribution in [0.4, 0.5) is 0 Å². The van der Waals surface area contributed by atoms with Gasteiger partial charge in [0.25, 0.3) is 0 Å². The summed E-state index contributed by atoms with van der Waals surface area (Å²) in [6, 6.07) is 11.6. The highest BCUT2D eigenvalue weighted by Crippen LogP contribution is 2.25. The Hall–Kier alpha value is -2.16. The Labute approximate surface area is 119 Å². The van der Waals surface area contributed by atoms with Crippen molar-refractivity contribution in [3.63, 3.8) is 0 Å². The zero-order chi connectivity index (χ0) is 14.9. The van der Waals surface area contributed by atoms with Crippen LogP contribution in [0.15, 0.2) is 36.4 Å². The van der Waals surface area contributed by atoms with Crippen molar-refractivity contribution in [2.24, 2.45) is 0 Å². The molecule has 0 amide bonds. The Morgan fingerprint density at radius 3 is 2.10 bits per heavy atom. The minimum Gasteiger partial charge on any atom is -0.478 e. The number of hydrogen-bond acceptors (Lipinski definition) is 2. The molecule has 0 saturated carbocycles. The molecule has 0 bridgehead atoms. The minimum absolute atomic E-state index is 0.120.